The number of benzene rings is 1. The summed E-state index contributed by atoms with van der Waals surface area (Å²) in [7, 11) is 3.35. The van der Waals surface area contributed by atoms with E-state index in [-0.39, 0.29) is 6.04 Å². The molecule has 3 heteroatoms. The van der Waals surface area contributed by atoms with E-state index in [4.69, 9.17) is 15.2 Å². The van der Waals surface area contributed by atoms with Crippen molar-refractivity contribution in [3.63, 3.8) is 0 Å². The summed E-state index contributed by atoms with van der Waals surface area (Å²) in [5.74, 6) is 2.88. The molecule has 3 unspecified atom stereocenters. The molecule has 0 aromatic heterocycles. The van der Waals surface area contributed by atoms with Crippen LogP contribution in [-0.2, 0) is 0 Å². The van der Waals surface area contributed by atoms with E-state index in [1.165, 1.54) is 12.0 Å². The molecule has 2 N–H and O–H groups in total. The Labute approximate surface area is 96.5 Å². The predicted molar refractivity (Wildman–Crippen MR) is 64.0 cm³/mol. The quantitative estimate of drug-likeness (QED) is 0.847. The standard InChI is InChI=1S/C13H19NO2/c1-8(14)12-7-13(12)9-4-10(15-2)6-11(5-9)16-3/h4-6,8,12-13H,7,14H2,1-3H3. The molecule has 0 bridgehead atoms. The predicted octanol–water partition coefficient (Wildman–Crippen LogP) is 2.15. The first-order valence-electron chi connectivity index (χ1n) is 5.64. The minimum Gasteiger partial charge on any atom is -0.497 e. The van der Waals surface area contributed by atoms with Crippen molar-refractivity contribution in [2.24, 2.45) is 11.7 Å². The van der Waals surface area contributed by atoms with Crippen molar-refractivity contribution < 1.29 is 9.47 Å². The van der Waals surface area contributed by atoms with Crippen LogP contribution in [0.5, 0.6) is 11.5 Å². The van der Waals surface area contributed by atoms with E-state index in [2.05, 4.69) is 19.1 Å². The van der Waals surface area contributed by atoms with Gasteiger partial charge in [0, 0.05) is 12.1 Å². The minimum absolute atomic E-state index is 0.266. The van der Waals surface area contributed by atoms with Crippen molar-refractivity contribution in [1.29, 1.82) is 0 Å². The van der Waals surface area contributed by atoms with E-state index in [1.54, 1.807) is 14.2 Å². The van der Waals surface area contributed by atoms with Crippen LogP contribution in [0.25, 0.3) is 0 Å². The van der Waals surface area contributed by atoms with Gasteiger partial charge in [-0.2, -0.15) is 0 Å². The number of methoxy groups -OCH3 is 2. The van der Waals surface area contributed by atoms with Gasteiger partial charge >= 0.3 is 0 Å². The van der Waals surface area contributed by atoms with Gasteiger partial charge in [0.05, 0.1) is 14.2 Å². The van der Waals surface area contributed by atoms with Crippen molar-refractivity contribution >= 4 is 0 Å². The molecule has 1 saturated carbocycles. The number of hydrogen-bond donors (Lipinski definition) is 1. The Morgan fingerprint density at radius 1 is 1.19 bits per heavy atom. The zero-order valence-electron chi connectivity index (χ0n) is 10.1. The molecule has 0 saturated heterocycles. The van der Waals surface area contributed by atoms with Crippen LogP contribution in [0.4, 0.5) is 0 Å². The molecule has 1 aromatic rings. The van der Waals surface area contributed by atoms with Crippen molar-refractivity contribution in [2.75, 3.05) is 14.2 Å². The van der Waals surface area contributed by atoms with Gasteiger partial charge in [-0.1, -0.05) is 0 Å². The number of ether oxygens (including phenoxy) is 2. The Hall–Kier alpha value is -1.22. The summed E-state index contributed by atoms with van der Waals surface area (Å²) >= 11 is 0. The van der Waals surface area contributed by atoms with Gasteiger partial charge in [-0.3, -0.25) is 0 Å². The van der Waals surface area contributed by atoms with E-state index < -0.39 is 0 Å². The SMILES string of the molecule is COc1cc(OC)cc(C2CC2C(C)N)c1. The molecule has 0 spiro atoms. The highest BCUT2D eigenvalue weighted by Gasteiger charge is 2.41. The number of rotatable bonds is 4. The van der Waals surface area contributed by atoms with Gasteiger partial charge in [0.25, 0.3) is 0 Å². The van der Waals surface area contributed by atoms with Crippen molar-refractivity contribution in [3.05, 3.63) is 23.8 Å². The molecular weight excluding hydrogens is 202 g/mol. The first kappa shape index (κ1) is 11.3. The van der Waals surface area contributed by atoms with Crippen LogP contribution in [0, 0.1) is 5.92 Å². The minimum atomic E-state index is 0.266. The van der Waals surface area contributed by atoms with Gasteiger partial charge in [-0.15, -0.1) is 0 Å². The molecule has 1 aromatic carbocycles. The van der Waals surface area contributed by atoms with E-state index in [0.29, 0.717) is 11.8 Å². The van der Waals surface area contributed by atoms with Crippen molar-refractivity contribution in [1.82, 2.24) is 0 Å². The molecule has 0 amide bonds. The highest BCUT2D eigenvalue weighted by Crippen LogP contribution is 2.50. The molecule has 88 valence electrons. The third-order valence-corrected chi connectivity index (χ3v) is 3.32. The Morgan fingerprint density at radius 2 is 1.75 bits per heavy atom. The number of hydrogen-bond acceptors (Lipinski definition) is 3. The zero-order chi connectivity index (χ0) is 11.7. The van der Waals surface area contributed by atoms with Gasteiger partial charge in [-0.05, 0) is 42.9 Å². The number of nitrogens with two attached hydrogens (primary N) is 1. The highest BCUT2D eigenvalue weighted by molar-refractivity contribution is 5.42. The fourth-order valence-corrected chi connectivity index (χ4v) is 2.22. The summed E-state index contributed by atoms with van der Waals surface area (Å²) < 4.78 is 10.5. The summed E-state index contributed by atoms with van der Waals surface area (Å²) in [5.41, 5.74) is 7.18. The second-order valence-electron chi connectivity index (χ2n) is 4.51. The fraction of sp³-hybridized carbons (Fsp3) is 0.538. The van der Waals surface area contributed by atoms with Crippen LogP contribution in [0.15, 0.2) is 18.2 Å². The third kappa shape index (κ3) is 2.14. The molecule has 3 atom stereocenters. The summed E-state index contributed by atoms with van der Waals surface area (Å²) in [6, 6.07) is 6.32. The van der Waals surface area contributed by atoms with Gasteiger partial charge in [-0.25, -0.2) is 0 Å². The molecule has 1 fully saturated rings. The van der Waals surface area contributed by atoms with E-state index in [9.17, 15) is 0 Å². The lowest BCUT2D eigenvalue weighted by Crippen LogP contribution is -2.17. The Balaban J connectivity index is 2.21. The van der Waals surface area contributed by atoms with Crippen LogP contribution < -0.4 is 15.2 Å². The normalized spacial score (nSPS) is 25.0. The molecule has 1 aliphatic carbocycles. The monoisotopic (exact) mass is 221 g/mol. The smallest absolute Gasteiger partial charge is 0.122 e. The van der Waals surface area contributed by atoms with Gasteiger partial charge in [0.1, 0.15) is 11.5 Å². The second-order valence-corrected chi connectivity index (χ2v) is 4.51. The Morgan fingerprint density at radius 3 is 2.12 bits per heavy atom. The van der Waals surface area contributed by atoms with Gasteiger partial charge in [0.15, 0.2) is 0 Å². The first-order chi connectivity index (χ1) is 7.65. The van der Waals surface area contributed by atoms with E-state index in [0.717, 1.165) is 11.5 Å². The summed E-state index contributed by atoms with van der Waals surface area (Å²) in [6.07, 6.45) is 1.17. The topological polar surface area (TPSA) is 44.5 Å². The zero-order valence-corrected chi connectivity index (χ0v) is 10.1. The highest BCUT2D eigenvalue weighted by atomic mass is 16.5. The second kappa shape index (κ2) is 4.34. The molecule has 2 rings (SSSR count). The lowest BCUT2D eigenvalue weighted by atomic mass is 10.1. The van der Waals surface area contributed by atoms with Crippen molar-refractivity contribution in [2.45, 2.75) is 25.3 Å². The maximum absolute atomic E-state index is 5.90. The molecule has 0 heterocycles. The molecular formula is C13H19NO2. The fourth-order valence-electron chi connectivity index (χ4n) is 2.22. The maximum atomic E-state index is 5.90. The molecule has 16 heavy (non-hydrogen) atoms. The van der Waals surface area contributed by atoms with Crippen LogP contribution >= 0.6 is 0 Å². The molecule has 0 radical (unpaired) electrons. The van der Waals surface area contributed by atoms with E-state index >= 15 is 0 Å². The van der Waals surface area contributed by atoms with Crippen LogP contribution in [0.3, 0.4) is 0 Å². The summed E-state index contributed by atoms with van der Waals surface area (Å²) in [4.78, 5) is 0. The van der Waals surface area contributed by atoms with Crippen LogP contribution in [0.1, 0.15) is 24.8 Å². The lowest BCUT2D eigenvalue weighted by molar-refractivity contribution is 0.393. The maximum Gasteiger partial charge on any atom is 0.122 e. The van der Waals surface area contributed by atoms with Crippen LogP contribution in [-0.4, -0.2) is 20.3 Å². The molecule has 0 aliphatic heterocycles. The average molecular weight is 221 g/mol. The Kier molecular flexibility index (Phi) is 3.06. The van der Waals surface area contributed by atoms with Crippen LogP contribution in [0.2, 0.25) is 0 Å². The largest absolute Gasteiger partial charge is 0.497 e. The van der Waals surface area contributed by atoms with Gasteiger partial charge < -0.3 is 15.2 Å². The molecule has 3 nitrogen and oxygen atoms in total. The third-order valence-electron chi connectivity index (χ3n) is 3.32. The van der Waals surface area contributed by atoms with Crippen molar-refractivity contribution in [3.8, 4) is 11.5 Å². The first-order valence-corrected chi connectivity index (χ1v) is 5.64. The molecule has 1 aliphatic rings. The Bertz CT molecular complexity index is 354. The lowest BCUT2D eigenvalue weighted by Gasteiger charge is -2.09. The summed E-state index contributed by atoms with van der Waals surface area (Å²) in [5, 5.41) is 0. The van der Waals surface area contributed by atoms with E-state index in [1.807, 2.05) is 6.07 Å². The summed E-state index contributed by atoms with van der Waals surface area (Å²) in [6.45, 7) is 2.07. The van der Waals surface area contributed by atoms with Gasteiger partial charge in [0.2, 0.25) is 0 Å². The average Bonchev–Trinajstić information content (AvgIpc) is 3.08.